The van der Waals surface area contributed by atoms with E-state index in [0.717, 1.165) is 5.56 Å². The molecule has 1 N–H and O–H groups in total. The number of halogens is 1. The zero-order chi connectivity index (χ0) is 17.1. The van der Waals surface area contributed by atoms with Crippen molar-refractivity contribution in [2.45, 2.75) is 13.8 Å². The first-order chi connectivity index (χ1) is 10.8. The Morgan fingerprint density at radius 1 is 1.17 bits per heavy atom. The normalized spacial score (nSPS) is 11.3. The van der Waals surface area contributed by atoms with Gasteiger partial charge in [0.1, 0.15) is 0 Å². The van der Waals surface area contributed by atoms with Gasteiger partial charge in [-0.1, -0.05) is 35.9 Å². The summed E-state index contributed by atoms with van der Waals surface area (Å²) in [5.41, 5.74) is 2.21. The molecular formula is C17H14ClNO4. The van der Waals surface area contributed by atoms with Crippen molar-refractivity contribution in [3.8, 4) is 0 Å². The van der Waals surface area contributed by atoms with Gasteiger partial charge in [0.25, 0.3) is 5.69 Å². The standard InChI is InChI=1S/C17H14ClNO4/c1-10-4-6-13(9-15(10)18)14(17(20)21)7-12-5-3-11(2)16(8-12)19(22)23/h3-9H,1-2H3,(H,20,21)/b14-7-. The van der Waals surface area contributed by atoms with E-state index in [9.17, 15) is 20.0 Å². The van der Waals surface area contributed by atoms with Gasteiger partial charge < -0.3 is 5.11 Å². The van der Waals surface area contributed by atoms with Gasteiger partial charge in [-0.25, -0.2) is 4.79 Å². The van der Waals surface area contributed by atoms with Gasteiger partial charge in [-0.3, -0.25) is 10.1 Å². The molecule has 0 saturated carbocycles. The van der Waals surface area contributed by atoms with Crippen molar-refractivity contribution in [2.75, 3.05) is 0 Å². The van der Waals surface area contributed by atoms with E-state index >= 15 is 0 Å². The molecule has 0 aliphatic rings. The lowest BCUT2D eigenvalue weighted by Crippen LogP contribution is -2.00. The molecule has 0 bridgehead atoms. The number of aryl methyl sites for hydroxylation is 2. The van der Waals surface area contributed by atoms with Crippen molar-refractivity contribution in [1.29, 1.82) is 0 Å². The fraction of sp³-hybridized carbons (Fsp3) is 0.118. The van der Waals surface area contributed by atoms with Gasteiger partial charge in [0.15, 0.2) is 0 Å². The monoisotopic (exact) mass is 331 g/mol. The Bertz CT molecular complexity index is 827. The number of hydrogen-bond acceptors (Lipinski definition) is 3. The summed E-state index contributed by atoms with van der Waals surface area (Å²) in [6.45, 7) is 3.45. The first kappa shape index (κ1) is 16.7. The zero-order valence-electron chi connectivity index (χ0n) is 12.5. The van der Waals surface area contributed by atoms with Crippen LogP contribution in [-0.2, 0) is 4.79 Å². The van der Waals surface area contributed by atoms with Crippen molar-refractivity contribution in [1.82, 2.24) is 0 Å². The van der Waals surface area contributed by atoms with Crippen LogP contribution < -0.4 is 0 Å². The molecule has 2 aromatic rings. The van der Waals surface area contributed by atoms with Crippen LogP contribution >= 0.6 is 11.6 Å². The summed E-state index contributed by atoms with van der Waals surface area (Å²) in [7, 11) is 0. The number of nitrogens with zero attached hydrogens (tertiary/aromatic N) is 1. The molecule has 0 atom stereocenters. The summed E-state index contributed by atoms with van der Waals surface area (Å²) in [4.78, 5) is 22.0. The molecular weight excluding hydrogens is 318 g/mol. The number of aliphatic carboxylic acids is 1. The van der Waals surface area contributed by atoms with E-state index < -0.39 is 10.9 Å². The van der Waals surface area contributed by atoms with Crippen molar-refractivity contribution < 1.29 is 14.8 Å². The molecule has 0 fully saturated rings. The Labute approximate surface area is 138 Å². The number of nitro benzene ring substituents is 1. The average Bonchev–Trinajstić information content (AvgIpc) is 2.48. The van der Waals surface area contributed by atoms with Crippen LogP contribution in [0.2, 0.25) is 5.02 Å². The maximum Gasteiger partial charge on any atom is 0.336 e. The lowest BCUT2D eigenvalue weighted by atomic mass is 10.0. The molecule has 0 aromatic heterocycles. The van der Waals surface area contributed by atoms with E-state index in [1.165, 1.54) is 12.1 Å². The Kier molecular flexibility index (Phi) is 4.81. The molecule has 0 heterocycles. The second kappa shape index (κ2) is 6.62. The number of hydrogen-bond donors (Lipinski definition) is 1. The molecule has 2 aromatic carbocycles. The second-order valence-corrected chi connectivity index (χ2v) is 5.54. The molecule has 0 unspecified atom stereocenters. The minimum Gasteiger partial charge on any atom is -0.478 e. The van der Waals surface area contributed by atoms with E-state index in [1.54, 1.807) is 37.3 Å². The average molecular weight is 332 g/mol. The van der Waals surface area contributed by atoms with Crippen molar-refractivity contribution in [3.05, 3.63) is 73.8 Å². The lowest BCUT2D eigenvalue weighted by molar-refractivity contribution is -0.385. The molecule has 0 aliphatic heterocycles. The van der Waals surface area contributed by atoms with E-state index in [1.807, 2.05) is 6.92 Å². The molecule has 0 spiro atoms. The first-order valence-corrected chi connectivity index (χ1v) is 7.14. The summed E-state index contributed by atoms with van der Waals surface area (Å²) < 4.78 is 0. The second-order valence-electron chi connectivity index (χ2n) is 5.13. The van der Waals surface area contributed by atoms with Gasteiger partial charge in [-0.15, -0.1) is 0 Å². The zero-order valence-corrected chi connectivity index (χ0v) is 13.3. The van der Waals surface area contributed by atoms with Gasteiger partial charge >= 0.3 is 5.97 Å². The number of carbonyl (C=O) groups is 1. The highest BCUT2D eigenvalue weighted by atomic mass is 35.5. The van der Waals surface area contributed by atoms with E-state index in [-0.39, 0.29) is 11.3 Å². The summed E-state index contributed by atoms with van der Waals surface area (Å²) in [5, 5.41) is 20.9. The fourth-order valence-electron chi connectivity index (χ4n) is 2.11. The highest BCUT2D eigenvalue weighted by molar-refractivity contribution is 6.32. The van der Waals surface area contributed by atoms with Crippen molar-refractivity contribution in [3.63, 3.8) is 0 Å². The third kappa shape index (κ3) is 3.76. The van der Waals surface area contributed by atoms with Gasteiger partial charge in [0, 0.05) is 16.7 Å². The van der Waals surface area contributed by atoms with Gasteiger partial charge in [-0.2, -0.15) is 0 Å². The number of benzene rings is 2. The quantitative estimate of drug-likeness (QED) is 0.387. The molecule has 0 saturated heterocycles. The van der Waals surface area contributed by atoms with Crippen LogP contribution in [0.25, 0.3) is 11.6 Å². The van der Waals surface area contributed by atoms with Crippen LogP contribution in [0.15, 0.2) is 36.4 Å². The number of carboxylic acid groups (broad SMARTS) is 1. The van der Waals surface area contributed by atoms with Crippen LogP contribution in [0.1, 0.15) is 22.3 Å². The highest BCUT2D eigenvalue weighted by Gasteiger charge is 2.14. The third-order valence-electron chi connectivity index (χ3n) is 3.45. The molecule has 0 aliphatic carbocycles. The summed E-state index contributed by atoms with van der Waals surface area (Å²) in [5.74, 6) is -1.13. The Morgan fingerprint density at radius 3 is 2.39 bits per heavy atom. The smallest absolute Gasteiger partial charge is 0.336 e. The number of nitro groups is 1. The van der Waals surface area contributed by atoms with Crippen LogP contribution in [-0.4, -0.2) is 16.0 Å². The van der Waals surface area contributed by atoms with E-state index in [4.69, 9.17) is 11.6 Å². The third-order valence-corrected chi connectivity index (χ3v) is 3.86. The predicted octanol–water partition coefficient (Wildman–Crippen LogP) is 4.49. The Hall–Kier alpha value is -2.66. The topological polar surface area (TPSA) is 80.4 Å². The molecule has 23 heavy (non-hydrogen) atoms. The van der Waals surface area contributed by atoms with Crippen LogP contribution in [0.4, 0.5) is 5.69 Å². The minimum atomic E-state index is -1.13. The lowest BCUT2D eigenvalue weighted by Gasteiger charge is -2.06. The number of carboxylic acids is 1. The Morgan fingerprint density at radius 2 is 1.83 bits per heavy atom. The minimum absolute atomic E-state index is 0.0186. The number of rotatable bonds is 4. The maximum atomic E-state index is 11.5. The van der Waals surface area contributed by atoms with Crippen LogP contribution in [0, 0.1) is 24.0 Å². The van der Waals surface area contributed by atoms with Gasteiger partial charge in [-0.05, 0) is 42.7 Å². The molecule has 2 rings (SSSR count). The SMILES string of the molecule is Cc1ccc(/C(=C/c2ccc(C)c([N+](=O)[O-])c2)C(=O)O)cc1Cl. The Balaban J connectivity index is 2.55. The highest BCUT2D eigenvalue weighted by Crippen LogP contribution is 2.26. The van der Waals surface area contributed by atoms with Crippen molar-refractivity contribution in [2.24, 2.45) is 0 Å². The van der Waals surface area contributed by atoms with E-state index in [2.05, 4.69) is 0 Å². The van der Waals surface area contributed by atoms with Gasteiger partial charge in [0.05, 0.1) is 10.5 Å². The van der Waals surface area contributed by atoms with Gasteiger partial charge in [0.2, 0.25) is 0 Å². The molecule has 0 radical (unpaired) electrons. The van der Waals surface area contributed by atoms with Crippen molar-refractivity contribution >= 4 is 34.9 Å². The summed E-state index contributed by atoms with van der Waals surface area (Å²) in [6, 6.07) is 9.54. The van der Waals surface area contributed by atoms with E-state index in [0.29, 0.717) is 21.7 Å². The molecule has 6 heteroatoms. The largest absolute Gasteiger partial charge is 0.478 e. The van der Waals surface area contributed by atoms with Crippen LogP contribution in [0.5, 0.6) is 0 Å². The first-order valence-electron chi connectivity index (χ1n) is 6.76. The van der Waals surface area contributed by atoms with Crippen LogP contribution in [0.3, 0.4) is 0 Å². The summed E-state index contributed by atoms with van der Waals surface area (Å²) >= 11 is 6.04. The fourth-order valence-corrected chi connectivity index (χ4v) is 2.29. The molecule has 0 amide bonds. The molecule has 5 nitrogen and oxygen atoms in total. The summed E-state index contributed by atoms with van der Waals surface area (Å²) in [6.07, 6.45) is 1.40. The predicted molar refractivity (Wildman–Crippen MR) is 89.5 cm³/mol. The molecule has 118 valence electrons. The maximum absolute atomic E-state index is 11.5.